The molecule has 0 unspecified atom stereocenters. The zero-order chi connectivity index (χ0) is 18.2. The number of methoxy groups -OCH3 is 1. The molecular weight excluding hydrogens is 328 g/mol. The van der Waals surface area contributed by atoms with Crippen molar-refractivity contribution in [2.45, 2.75) is 18.9 Å². The number of benzene rings is 1. The van der Waals surface area contributed by atoms with Crippen LogP contribution in [0.3, 0.4) is 0 Å². The Kier molecular flexibility index (Phi) is 6.62. The van der Waals surface area contributed by atoms with Crippen molar-refractivity contribution in [3.8, 4) is 11.5 Å². The van der Waals surface area contributed by atoms with Crippen LogP contribution in [0, 0.1) is 0 Å². The molecular formula is C17H22N2O6. The molecule has 2 amide bonds. The van der Waals surface area contributed by atoms with Crippen molar-refractivity contribution in [2.75, 3.05) is 33.9 Å². The number of likely N-dealkylation sites (N-methyl/N-ethyl adjacent to an activating group) is 1. The molecule has 0 atom stereocenters. The Bertz CT molecular complexity index is 612. The fourth-order valence-electron chi connectivity index (χ4n) is 1.91. The molecule has 8 heteroatoms. The van der Waals surface area contributed by atoms with Crippen LogP contribution in [0.15, 0.2) is 24.3 Å². The zero-order valence-electron chi connectivity index (χ0n) is 14.3. The van der Waals surface area contributed by atoms with Gasteiger partial charge >= 0.3 is 5.97 Å². The van der Waals surface area contributed by atoms with Crippen LogP contribution in [0.2, 0.25) is 0 Å². The van der Waals surface area contributed by atoms with E-state index in [1.54, 1.807) is 31.4 Å². The Balaban J connectivity index is 1.63. The lowest BCUT2D eigenvalue weighted by Crippen LogP contribution is -2.40. The number of carbonyl (C=O) groups is 3. The van der Waals surface area contributed by atoms with Crippen LogP contribution in [0.1, 0.15) is 12.8 Å². The van der Waals surface area contributed by atoms with E-state index in [0.29, 0.717) is 11.5 Å². The van der Waals surface area contributed by atoms with E-state index in [9.17, 15) is 14.4 Å². The molecule has 136 valence electrons. The standard InChI is InChI=1S/C17H22N2O6/c1-19(9-15(20)18-12-3-4-12)16(21)10-25-17(22)11-24-14-7-5-13(23-2)6-8-14/h5-8,12H,3-4,9-11H2,1-2H3,(H,18,20). The summed E-state index contributed by atoms with van der Waals surface area (Å²) in [5, 5.41) is 2.78. The second-order valence-electron chi connectivity index (χ2n) is 5.72. The van der Waals surface area contributed by atoms with Crippen molar-refractivity contribution in [1.82, 2.24) is 10.2 Å². The van der Waals surface area contributed by atoms with Gasteiger partial charge in [0.25, 0.3) is 5.91 Å². The highest BCUT2D eigenvalue weighted by Gasteiger charge is 2.24. The molecule has 0 saturated heterocycles. The molecule has 1 aliphatic rings. The molecule has 25 heavy (non-hydrogen) atoms. The highest BCUT2D eigenvalue weighted by Crippen LogP contribution is 2.18. The first-order chi connectivity index (χ1) is 12.0. The Hall–Kier alpha value is -2.77. The maximum absolute atomic E-state index is 11.8. The van der Waals surface area contributed by atoms with Gasteiger partial charge in [-0.1, -0.05) is 0 Å². The average Bonchev–Trinajstić information content (AvgIpc) is 3.41. The van der Waals surface area contributed by atoms with E-state index >= 15 is 0 Å². The molecule has 2 rings (SSSR count). The lowest BCUT2D eigenvalue weighted by Gasteiger charge is -2.16. The molecule has 0 aliphatic heterocycles. The topological polar surface area (TPSA) is 94.2 Å². The van der Waals surface area contributed by atoms with Crippen molar-refractivity contribution in [1.29, 1.82) is 0 Å². The molecule has 1 aliphatic carbocycles. The van der Waals surface area contributed by atoms with Gasteiger partial charge in [-0.2, -0.15) is 0 Å². The highest BCUT2D eigenvalue weighted by molar-refractivity contribution is 5.86. The number of hydrogen-bond donors (Lipinski definition) is 1. The summed E-state index contributed by atoms with van der Waals surface area (Å²) in [6.45, 7) is -0.807. The van der Waals surface area contributed by atoms with Crippen LogP contribution in [-0.2, 0) is 19.1 Å². The fraction of sp³-hybridized carbons (Fsp3) is 0.471. The summed E-state index contributed by atoms with van der Waals surface area (Å²) in [4.78, 5) is 36.3. The number of carbonyl (C=O) groups excluding carboxylic acids is 3. The first-order valence-electron chi connectivity index (χ1n) is 7.93. The van der Waals surface area contributed by atoms with Gasteiger partial charge in [0.05, 0.1) is 13.7 Å². The van der Waals surface area contributed by atoms with Crippen LogP contribution >= 0.6 is 0 Å². The van der Waals surface area contributed by atoms with Crippen LogP contribution in [0.5, 0.6) is 11.5 Å². The first-order valence-corrected chi connectivity index (χ1v) is 7.93. The minimum atomic E-state index is -0.667. The lowest BCUT2D eigenvalue weighted by atomic mass is 10.3. The SMILES string of the molecule is COc1ccc(OCC(=O)OCC(=O)N(C)CC(=O)NC2CC2)cc1. The summed E-state index contributed by atoms with van der Waals surface area (Å²) < 4.78 is 15.1. The fourth-order valence-corrected chi connectivity index (χ4v) is 1.91. The number of ether oxygens (including phenoxy) is 3. The van der Waals surface area contributed by atoms with Gasteiger partial charge in [-0.15, -0.1) is 0 Å². The van der Waals surface area contributed by atoms with Gasteiger partial charge in [0.15, 0.2) is 13.2 Å². The van der Waals surface area contributed by atoms with Crippen molar-refractivity contribution >= 4 is 17.8 Å². The van der Waals surface area contributed by atoms with Gasteiger partial charge in [0.1, 0.15) is 11.5 Å². The smallest absolute Gasteiger partial charge is 0.344 e. The van der Waals surface area contributed by atoms with Gasteiger partial charge in [-0.25, -0.2) is 4.79 Å². The predicted molar refractivity (Wildman–Crippen MR) is 88.2 cm³/mol. The third kappa shape index (κ3) is 6.70. The van der Waals surface area contributed by atoms with E-state index in [-0.39, 0.29) is 25.1 Å². The van der Waals surface area contributed by atoms with E-state index < -0.39 is 18.5 Å². The maximum Gasteiger partial charge on any atom is 0.344 e. The summed E-state index contributed by atoms with van der Waals surface area (Å²) in [5.41, 5.74) is 0. The monoisotopic (exact) mass is 350 g/mol. The molecule has 1 saturated carbocycles. The maximum atomic E-state index is 11.8. The van der Waals surface area contributed by atoms with Gasteiger partial charge in [-0.3, -0.25) is 9.59 Å². The van der Waals surface area contributed by atoms with Crippen LogP contribution in [0.4, 0.5) is 0 Å². The van der Waals surface area contributed by atoms with E-state index in [2.05, 4.69) is 5.32 Å². The van der Waals surface area contributed by atoms with E-state index in [1.807, 2.05) is 0 Å². The van der Waals surface area contributed by atoms with E-state index in [1.165, 1.54) is 11.9 Å². The lowest BCUT2D eigenvalue weighted by molar-refractivity contribution is -0.153. The summed E-state index contributed by atoms with van der Waals surface area (Å²) in [7, 11) is 3.04. The van der Waals surface area contributed by atoms with Gasteiger partial charge in [0.2, 0.25) is 5.91 Å². The van der Waals surface area contributed by atoms with Crippen LogP contribution in [-0.4, -0.2) is 62.6 Å². The number of amides is 2. The largest absolute Gasteiger partial charge is 0.497 e. The molecule has 1 aromatic rings. The normalized spacial score (nSPS) is 12.9. The molecule has 1 fully saturated rings. The minimum Gasteiger partial charge on any atom is -0.497 e. The summed E-state index contributed by atoms with van der Waals surface area (Å²) >= 11 is 0. The molecule has 0 radical (unpaired) electrons. The van der Waals surface area contributed by atoms with E-state index in [4.69, 9.17) is 14.2 Å². The van der Waals surface area contributed by atoms with Crippen molar-refractivity contribution in [2.24, 2.45) is 0 Å². The van der Waals surface area contributed by atoms with Crippen LogP contribution < -0.4 is 14.8 Å². The Morgan fingerprint density at radius 1 is 1.12 bits per heavy atom. The first kappa shape index (κ1) is 18.6. The zero-order valence-corrected chi connectivity index (χ0v) is 14.3. The molecule has 8 nitrogen and oxygen atoms in total. The predicted octanol–water partition coefficient (Wildman–Crippen LogP) is 0.354. The third-order valence-corrected chi connectivity index (χ3v) is 3.52. The number of nitrogens with one attached hydrogen (secondary N) is 1. The number of hydrogen-bond acceptors (Lipinski definition) is 6. The second kappa shape index (κ2) is 8.91. The Labute approximate surface area is 146 Å². The molecule has 0 aromatic heterocycles. The number of esters is 1. The molecule has 1 N–H and O–H groups in total. The van der Waals surface area contributed by atoms with Gasteiger partial charge < -0.3 is 24.4 Å². The van der Waals surface area contributed by atoms with Gasteiger partial charge in [0, 0.05) is 13.1 Å². The summed E-state index contributed by atoms with van der Waals surface area (Å²) in [6.07, 6.45) is 1.96. The third-order valence-electron chi connectivity index (χ3n) is 3.52. The molecule has 1 aromatic carbocycles. The minimum absolute atomic E-state index is 0.0603. The molecule has 0 spiro atoms. The van der Waals surface area contributed by atoms with Gasteiger partial charge in [-0.05, 0) is 37.1 Å². The van der Waals surface area contributed by atoms with E-state index in [0.717, 1.165) is 12.8 Å². The van der Waals surface area contributed by atoms with Crippen molar-refractivity contribution in [3.63, 3.8) is 0 Å². The Morgan fingerprint density at radius 3 is 2.36 bits per heavy atom. The Morgan fingerprint density at radius 2 is 1.76 bits per heavy atom. The number of rotatable bonds is 9. The summed E-state index contributed by atoms with van der Waals surface area (Å²) in [5.74, 6) is -0.177. The molecule has 0 bridgehead atoms. The average molecular weight is 350 g/mol. The highest BCUT2D eigenvalue weighted by atomic mass is 16.6. The van der Waals surface area contributed by atoms with Crippen molar-refractivity contribution in [3.05, 3.63) is 24.3 Å². The quantitative estimate of drug-likeness (QED) is 0.646. The second-order valence-corrected chi connectivity index (χ2v) is 5.72. The number of nitrogens with zero attached hydrogens (tertiary/aromatic N) is 1. The van der Waals surface area contributed by atoms with Crippen molar-refractivity contribution < 1.29 is 28.6 Å². The molecule has 0 heterocycles. The summed E-state index contributed by atoms with van der Waals surface area (Å²) in [6, 6.07) is 6.95. The van der Waals surface area contributed by atoms with Crippen LogP contribution in [0.25, 0.3) is 0 Å².